The second kappa shape index (κ2) is 8.38. The zero-order chi connectivity index (χ0) is 21.9. The third-order valence-corrected chi connectivity index (χ3v) is 5.12. The molecule has 0 atom stereocenters. The molecule has 32 heavy (non-hydrogen) atoms. The maximum Gasteiger partial charge on any atom is 0.281 e. The SMILES string of the molecule is O=C1N=c2ncnc3c2=C1/C=N/c1ccc(cc1)O/C=C/C=C\CC(=O)N1C=CN3CC1. The second-order valence-corrected chi connectivity index (χ2v) is 7.14. The van der Waals surface area contributed by atoms with E-state index in [2.05, 4.69) is 20.0 Å². The van der Waals surface area contributed by atoms with Crippen LogP contribution in [0.1, 0.15) is 6.42 Å². The van der Waals surface area contributed by atoms with E-state index in [1.165, 1.54) is 12.5 Å². The molecule has 2 amide bonds. The van der Waals surface area contributed by atoms with E-state index in [-0.39, 0.29) is 12.3 Å². The van der Waals surface area contributed by atoms with Crippen molar-refractivity contribution in [3.05, 3.63) is 78.2 Å². The number of ether oxygens (including phenoxy) is 1. The van der Waals surface area contributed by atoms with E-state index in [9.17, 15) is 9.59 Å². The minimum atomic E-state index is -0.415. The van der Waals surface area contributed by atoms with E-state index in [0.29, 0.717) is 46.6 Å². The number of nitrogens with zero attached hydrogens (tertiary/aromatic N) is 6. The van der Waals surface area contributed by atoms with Gasteiger partial charge in [0.15, 0.2) is 5.49 Å². The normalized spacial score (nSPS) is 20.6. The van der Waals surface area contributed by atoms with Crippen LogP contribution >= 0.6 is 0 Å². The van der Waals surface area contributed by atoms with Crippen LogP contribution in [0.4, 0.5) is 11.5 Å². The third-order valence-electron chi connectivity index (χ3n) is 5.12. The first kappa shape index (κ1) is 19.6. The van der Waals surface area contributed by atoms with Gasteiger partial charge in [-0.3, -0.25) is 14.6 Å². The lowest BCUT2D eigenvalue weighted by molar-refractivity contribution is -0.127. The van der Waals surface area contributed by atoms with Crippen LogP contribution in [0.3, 0.4) is 0 Å². The van der Waals surface area contributed by atoms with Gasteiger partial charge in [0.25, 0.3) is 5.91 Å². The number of carbonyl (C=O) groups excluding carboxylic acids is 2. The molecule has 2 aromatic rings. The molecule has 1 aromatic heterocycles. The molecule has 4 bridgehead atoms. The molecule has 0 spiro atoms. The molecule has 0 aliphatic carbocycles. The molecule has 158 valence electrons. The molecule has 9 nitrogen and oxygen atoms in total. The summed E-state index contributed by atoms with van der Waals surface area (Å²) in [5.41, 5.74) is 1.30. The number of anilines is 1. The van der Waals surface area contributed by atoms with E-state index >= 15 is 0 Å². The lowest BCUT2D eigenvalue weighted by atomic mass is 10.2. The Bertz CT molecular complexity index is 1320. The Morgan fingerprint density at radius 3 is 2.56 bits per heavy atom. The topological polar surface area (TPSA) is 100 Å². The van der Waals surface area contributed by atoms with Crippen LogP contribution in [0.25, 0.3) is 5.57 Å². The average Bonchev–Trinajstić information content (AvgIpc) is 3.15. The van der Waals surface area contributed by atoms with Crippen molar-refractivity contribution >= 4 is 35.1 Å². The van der Waals surface area contributed by atoms with Gasteiger partial charge in [-0.2, -0.15) is 4.99 Å². The van der Waals surface area contributed by atoms with Crippen LogP contribution in [-0.4, -0.2) is 46.0 Å². The Balaban J connectivity index is 1.61. The van der Waals surface area contributed by atoms with E-state index in [1.54, 1.807) is 66.1 Å². The van der Waals surface area contributed by atoms with Crippen LogP contribution in [0.2, 0.25) is 0 Å². The summed E-state index contributed by atoms with van der Waals surface area (Å²) in [5, 5.41) is 0.535. The molecule has 8 rings (SSSR count). The Kier molecular flexibility index (Phi) is 5.12. The van der Waals surface area contributed by atoms with Crippen molar-refractivity contribution in [3.8, 4) is 5.75 Å². The lowest BCUT2D eigenvalue weighted by Crippen LogP contribution is -2.42. The van der Waals surface area contributed by atoms with Crippen molar-refractivity contribution in [1.82, 2.24) is 14.9 Å². The Morgan fingerprint density at radius 1 is 0.938 bits per heavy atom. The molecule has 0 unspecified atom stereocenters. The first-order chi connectivity index (χ1) is 15.7. The fourth-order valence-electron chi connectivity index (χ4n) is 3.48. The van der Waals surface area contributed by atoms with Gasteiger partial charge < -0.3 is 14.5 Å². The number of aromatic nitrogens is 2. The highest BCUT2D eigenvalue weighted by atomic mass is 16.5. The fourth-order valence-corrected chi connectivity index (χ4v) is 3.48. The smallest absolute Gasteiger partial charge is 0.281 e. The highest BCUT2D eigenvalue weighted by Gasteiger charge is 2.23. The summed E-state index contributed by atoms with van der Waals surface area (Å²) < 4.78 is 5.54. The zero-order valence-electron chi connectivity index (χ0n) is 17.0. The Hall–Kier alpha value is -4.40. The number of amides is 2. The number of aliphatic imine (C=N–C) groups is 1. The van der Waals surface area contributed by atoms with Crippen molar-refractivity contribution in [2.75, 3.05) is 18.0 Å². The van der Waals surface area contributed by atoms with Gasteiger partial charge in [-0.05, 0) is 30.3 Å². The second-order valence-electron chi connectivity index (χ2n) is 7.14. The van der Waals surface area contributed by atoms with Crippen molar-refractivity contribution < 1.29 is 14.3 Å². The predicted octanol–water partition coefficient (Wildman–Crippen LogP) is 1.16. The quantitative estimate of drug-likeness (QED) is 0.627. The van der Waals surface area contributed by atoms with Gasteiger partial charge in [0.05, 0.1) is 22.7 Å². The molecular weight excluding hydrogens is 408 g/mol. The largest absolute Gasteiger partial charge is 0.465 e. The number of carbonyl (C=O) groups is 2. The minimum Gasteiger partial charge on any atom is -0.465 e. The third kappa shape index (κ3) is 3.83. The summed E-state index contributed by atoms with van der Waals surface area (Å²) in [7, 11) is 0. The van der Waals surface area contributed by atoms with E-state index in [0.717, 1.165) is 0 Å². The van der Waals surface area contributed by atoms with Crippen molar-refractivity contribution in [2.24, 2.45) is 9.98 Å². The van der Waals surface area contributed by atoms with Crippen molar-refractivity contribution in [3.63, 3.8) is 0 Å². The number of hydrogen-bond acceptors (Lipinski definition) is 7. The van der Waals surface area contributed by atoms with Gasteiger partial charge in [0.1, 0.15) is 17.9 Å². The molecule has 6 aliphatic rings. The van der Waals surface area contributed by atoms with Crippen molar-refractivity contribution in [1.29, 1.82) is 0 Å². The van der Waals surface area contributed by atoms with Gasteiger partial charge in [0.2, 0.25) is 5.91 Å². The summed E-state index contributed by atoms with van der Waals surface area (Å²) in [6, 6.07) is 7.13. The Morgan fingerprint density at radius 2 is 1.75 bits per heavy atom. The summed E-state index contributed by atoms with van der Waals surface area (Å²) in [6.45, 7) is 1.00. The number of benzene rings is 1. The number of hydrogen-bond donors (Lipinski definition) is 0. The number of allylic oxidation sites excluding steroid dienone is 2. The highest BCUT2D eigenvalue weighted by Crippen LogP contribution is 2.19. The average molecular weight is 426 g/mol. The summed E-state index contributed by atoms with van der Waals surface area (Å²) in [5.74, 6) is 0.759. The van der Waals surface area contributed by atoms with Gasteiger partial charge in [-0.25, -0.2) is 9.97 Å². The van der Waals surface area contributed by atoms with E-state index < -0.39 is 5.91 Å². The lowest BCUT2D eigenvalue weighted by Gasteiger charge is -2.29. The maximum absolute atomic E-state index is 12.6. The summed E-state index contributed by atoms with van der Waals surface area (Å²) >= 11 is 0. The molecule has 0 saturated carbocycles. The maximum atomic E-state index is 12.6. The summed E-state index contributed by atoms with van der Waals surface area (Å²) in [4.78, 5) is 45.6. The standard InChI is InChI=1S/C23H18N6O3/c30-19-4-2-1-3-13-32-17-7-5-16(6-8-17)24-14-18-20-21(27-23(18)31)25-15-26-22(20)29-11-9-28(19)10-12-29/h1-3,5-9,11,13-15H,4,10,12H2/b2-1-,13-3+,24-14+. The molecular formula is C23H18N6O3. The fraction of sp³-hybridized carbons (Fsp3) is 0.130. The monoisotopic (exact) mass is 426 g/mol. The van der Waals surface area contributed by atoms with Crippen LogP contribution in [-0.2, 0) is 9.59 Å². The van der Waals surface area contributed by atoms with Crippen molar-refractivity contribution in [2.45, 2.75) is 6.42 Å². The van der Waals surface area contributed by atoms with Crippen LogP contribution in [0.5, 0.6) is 5.75 Å². The Labute approximate surface area is 183 Å². The zero-order valence-corrected chi connectivity index (χ0v) is 17.0. The molecule has 9 heteroatoms. The highest BCUT2D eigenvalue weighted by molar-refractivity contribution is 6.36. The molecule has 0 N–H and O–H groups in total. The summed E-state index contributed by atoms with van der Waals surface area (Å²) in [6.07, 6.45) is 13.5. The predicted molar refractivity (Wildman–Crippen MR) is 118 cm³/mol. The van der Waals surface area contributed by atoms with Gasteiger partial charge in [0, 0.05) is 38.1 Å². The molecule has 0 saturated heterocycles. The molecule has 6 aliphatic heterocycles. The van der Waals surface area contributed by atoms with Crippen LogP contribution in [0, 0.1) is 0 Å². The van der Waals surface area contributed by atoms with E-state index in [1.807, 2.05) is 4.90 Å². The van der Waals surface area contributed by atoms with Crippen LogP contribution < -0.4 is 20.3 Å². The number of rotatable bonds is 0. The van der Waals surface area contributed by atoms with Gasteiger partial charge in [-0.15, -0.1) is 0 Å². The molecule has 1 aromatic carbocycles. The molecule has 0 radical (unpaired) electrons. The first-order valence-corrected chi connectivity index (χ1v) is 10.0. The van der Waals surface area contributed by atoms with E-state index in [4.69, 9.17) is 4.74 Å². The first-order valence-electron chi connectivity index (χ1n) is 10.0. The van der Waals surface area contributed by atoms with Gasteiger partial charge >= 0.3 is 0 Å². The minimum absolute atomic E-state index is 0.0195. The molecule has 0 fully saturated rings. The molecule has 7 heterocycles. The van der Waals surface area contributed by atoms with Gasteiger partial charge in [-0.1, -0.05) is 12.2 Å². The van der Waals surface area contributed by atoms with Crippen LogP contribution in [0.15, 0.2) is 77.5 Å².